The standard InChI is InChI=1S/C26H27N3/c1-15(2)25-22-8-7-19(13-20(22)9-10-29-25)24-14-23(24)18-5-3-17-12-21(26(27)28)6-4-16(17)11-18/h3-8,11-13,15,23-24H,9-10,14H2,1-2H3,(H3,27,28). The first-order valence-electron chi connectivity index (χ1n) is 10.6. The van der Waals surface area contributed by atoms with Crippen molar-refractivity contribution in [2.75, 3.05) is 6.54 Å². The van der Waals surface area contributed by atoms with Gasteiger partial charge < -0.3 is 5.73 Å². The summed E-state index contributed by atoms with van der Waals surface area (Å²) in [6, 6.07) is 19.8. The van der Waals surface area contributed by atoms with Gasteiger partial charge in [-0.25, -0.2) is 0 Å². The van der Waals surface area contributed by atoms with Crippen molar-refractivity contribution < 1.29 is 0 Å². The minimum atomic E-state index is 0.122. The maximum absolute atomic E-state index is 7.63. The van der Waals surface area contributed by atoms with Crippen LogP contribution in [-0.2, 0) is 6.42 Å². The number of nitrogens with two attached hydrogens (primary N) is 1. The van der Waals surface area contributed by atoms with Gasteiger partial charge in [0.2, 0.25) is 0 Å². The molecule has 29 heavy (non-hydrogen) atoms. The lowest BCUT2D eigenvalue weighted by atomic mass is 9.89. The van der Waals surface area contributed by atoms with E-state index in [2.05, 4.69) is 56.3 Å². The second kappa shape index (κ2) is 6.84. The van der Waals surface area contributed by atoms with Crippen LogP contribution in [0.3, 0.4) is 0 Å². The molecule has 146 valence electrons. The van der Waals surface area contributed by atoms with Crippen LogP contribution in [0.4, 0.5) is 0 Å². The van der Waals surface area contributed by atoms with Crippen LogP contribution in [0.25, 0.3) is 10.8 Å². The van der Waals surface area contributed by atoms with Gasteiger partial charge in [0.25, 0.3) is 0 Å². The molecule has 1 fully saturated rings. The lowest BCUT2D eigenvalue weighted by Crippen LogP contribution is -2.18. The Kier molecular flexibility index (Phi) is 4.27. The average Bonchev–Trinajstić information content (AvgIpc) is 3.53. The van der Waals surface area contributed by atoms with Gasteiger partial charge in [0, 0.05) is 17.8 Å². The van der Waals surface area contributed by atoms with Gasteiger partial charge in [-0.05, 0) is 69.7 Å². The van der Waals surface area contributed by atoms with Crippen molar-refractivity contribution in [2.45, 2.75) is 38.5 Å². The molecule has 3 aromatic carbocycles. The number of fused-ring (bicyclic) bond motifs is 2. The second-order valence-electron chi connectivity index (χ2n) is 8.77. The van der Waals surface area contributed by atoms with Gasteiger partial charge >= 0.3 is 0 Å². The van der Waals surface area contributed by atoms with Gasteiger partial charge in [-0.3, -0.25) is 10.4 Å². The molecule has 3 N–H and O–H groups in total. The van der Waals surface area contributed by atoms with Crippen molar-refractivity contribution in [3.63, 3.8) is 0 Å². The topological polar surface area (TPSA) is 62.2 Å². The molecule has 0 bridgehead atoms. The van der Waals surface area contributed by atoms with Crippen LogP contribution in [0, 0.1) is 11.3 Å². The first-order chi connectivity index (χ1) is 14.0. The number of hydrogen-bond acceptors (Lipinski definition) is 2. The summed E-state index contributed by atoms with van der Waals surface area (Å²) >= 11 is 0. The fraction of sp³-hybridized carbons (Fsp3) is 0.308. The van der Waals surface area contributed by atoms with Crippen LogP contribution in [0.15, 0.2) is 59.6 Å². The lowest BCUT2D eigenvalue weighted by Gasteiger charge is -2.20. The average molecular weight is 382 g/mol. The summed E-state index contributed by atoms with van der Waals surface area (Å²) in [6.45, 7) is 5.39. The van der Waals surface area contributed by atoms with Gasteiger partial charge in [0.05, 0.1) is 0 Å². The van der Waals surface area contributed by atoms with Crippen molar-refractivity contribution in [3.8, 4) is 0 Å². The summed E-state index contributed by atoms with van der Waals surface area (Å²) < 4.78 is 0. The van der Waals surface area contributed by atoms with E-state index in [0.717, 1.165) is 23.9 Å². The Morgan fingerprint density at radius 2 is 1.66 bits per heavy atom. The Morgan fingerprint density at radius 1 is 0.966 bits per heavy atom. The van der Waals surface area contributed by atoms with Crippen LogP contribution in [0.1, 0.15) is 59.9 Å². The third-order valence-electron chi connectivity index (χ3n) is 6.44. The Balaban J connectivity index is 1.40. The number of rotatable bonds is 4. The minimum absolute atomic E-state index is 0.122. The molecule has 2 atom stereocenters. The van der Waals surface area contributed by atoms with E-state index < -0.39 is 0 Å². The fourth-order valence-corrected chi connectivity index (χ4v) is 4.77. The maximum atomic E-state index is 7.63. The van der Waals surface area contributed by atoms with Gasteiger partial charge in [-0.2, -0.15) is 0 Å². The normalized spacial score (nSPS) is 20.4. The van der Waals surface area contributed by atoms with E-state index in [0.29, 0.717) is 17.8 Å². The molecule has 2 unspecified atom stereocenters. The van der Waals surface area contributed by atoms with E-state index in [1.165, 1.54) is 39.8 Å². The van der Waals surface area contributed by atoms with Crippen LogP contribution in [0.5, 0.6) is 0 Å². The molecule has 2 aliphatic rings. The highest BCUT2D eigenvalue weighted by molar-refractivity contribution is 6.04. The van der Waals surface area contributed by atoms with Crippen molar-refractivity contribution in [1.82, 2.24) is 0 Å². The molecule has 1 heterocycles. The molecule has 0 saturated heterocycles. The van der Waals surface area contributed by atoms with Crippen LogP contribution < -0.4 is 5.73 Å². The van der Waals surface area contributed by atoms with Crippen LogP contribution >= 0.6 is 0 Å². The molecule has 5 rings (SSSR count). The molecule has 1 aliphatic heterocycles. The second-order valence-corrected chi connectivity index (χ2v) is 8.77. The number of nitrogens with one attached hydrogen (secondary N) is 1. The smallest absolute Gasteiger partial charge is 0.122 e. The molecule has 1 aliphatic carbocycles. The predicted octanol–water partition coefficient (Wildman–Crippen LogP) is 5.40. The zero-order valence-corrected chi connectivity index (χ0v) is 17.1. The number of benzene rings is 3. The van der Waals surface area contributed by atoms with Gasteiger partial charge in [-0.15, -0.1) is 0 Å². The van der Waals surface area contributed by atoms with Crippen molar-refractivity contribution in [1.29, 1.82) is 5.41 Å². The Morgan fingerprint density at radius 3 is 2.41 bits per heavy atom. The predicted molar refractivity (Wildman–Crippen MR) is 121 cm³/mol. The van der Waals surface area contributed by atoms with E-state index in [-0.39, 0.29) is 5.84 Å². The first-order valence-corrected chi connectivity index (χ1v) is 10.6. The molecule has 0 aromatic heterocycles. The summed E-state index contributed by atoms with van der Waals surface area (Å²) in [4.78, 5) is 4.76. The van der Waals surface area contributed by atoms with Gasteiger partial charge in [0.15, 0.2) is 0 Å². The SMILES string of the molecule is CC(C)C1=NCCc2cc(C3CC3c3ccc4cc(C(=N)N)ccc4c3)ccc21. The third kappa shape index (κ3) is 3.25. The van der Waals surface area contributed by atoms with E-state index in [4.69, 9.17) is 16.1 Å². The molecule has 3 aromatic rings. The van der Waals surface area contributed by atoms with E-state index in [1.807, 2.05) is 12.1 Å². The Bertz CT molecular complexity index is 1160. The Labute approximate surface area is 172 Å². The Hall–Kier alpha value is -2.94. The fourth-order valence-electron chi connectivity index (χ4n) is 4.77. The van der Waals surface area contributed by atoms with Crippen LogP contribution in [-0.4, -0.2) is 18.1 Å². The number of aliphatic imine (C=N–C) groups is 1. The van der Waals surface area contributed by atoms with Crippen molar-refractivity contribution in [3.05, 3.63) is 82.4 Å². The summed E-state index contributed by atoms with van der Waals surface area (Å²) in [5.74, 6) is 1.83. The molecule has 3 nitrogen and oxygen atoms in total. The monoisotopic (exact) mass is 381 g/mol. The molecule has 3 heteroatoms. The molecular formula is C26H27N3. The molecule has 0 radical (unpaired) electrons. The molecule has 0 spiro atoms. The number of nitrogens with zero attached hydrogens (tertiary/aromatic N) is 1. The zero-order valence-electron chi connectivity index (χ0n) is 17.1. The highest BCUT2D eigenvalue weighted by Crippen LogP contribution is 2.55. The van der Waals surface area contributed by atoms with E-state index in [9.17, 15) is 0 Å². The zero-order chi connectivity index (χ0) is 20.1. The maximum Gasteiger partial charge on any atom is 0.122 e. The minimum Gasteiger partial charge on any atom is -0.384 e. The quantitative estimate of drug-likeness (QED) is 0.461. The van der Waals surface area contributed by atoms with Crippen molar-refractivity contribution >= 4 is 22.3 Å². The van der Waals surface area contributed by atoms with E-state index >= 15 is 0 Å². The van der Waals surface area contributed by atoms with Gasteiger partial charge in [-0.1, -0.05) is 62.4 Å². The highest BCUT2D eigenvalue weighted by atomic mass is 14.8. The first kappa shape index (κ1) is 18.1. The summed E-state index contributed by atoms with van der Waals surface area (Å²) in [6.07, 6.45) is 2.28. The summed E-state index contributed by atoms with van der Waals surface area (Å²) in [7, 11) is 0. The largest absolute Gasteiger partial charge is 0.384 e. The summed E-state index contributed by atoms with van der Waals surface area (Å²) in [5.41, 5.74) is 13.4. The van der Waals surface area contributed by atoms with E-state index in [1.54, 1.807) is 0 Å². The highest BCUT2D eigenvalue weighted by Gasteiger charge is 2.39. The molecule has 1 saturated carbocycles. The van der Waals surface area contributed by atoms with Gasteiger partial charge in [0.1, 0.15) is 5.84 Å². The third-order valence-corrected chi connectivity index (χ3v) is 6.44. The molecular weight excluding hydrogens is 354 g/mol. The number of amidine groups is 1. The number of nitrogen functional groups attached to an aromatic ring is 1. The van der Waals surface area contributed by atoms with Crippen molar-refractivity contribution in [2.24, 2.45) is 16.6 Å². The number of hydrogen-bond donors (Lipinski definition) is 2. The molecule has 0 amide bonds. The lowest BCUT2D eigenvalue weighted by molar-refractivity contribution is 0.837. The summed E-state index contributed by atoms with van der Waals surface area (Å²) in [5, 5.41) is 10.00. The van der Waals surface area contributed by atoms with Crippen LogP contribution in [0.2, 0.25) is 0 Å².